The molecule has 0 saturated heterocycles. The zero-order valence-electron chi connectivity index (χ0n) is 16.4. The lowest BCUT2D eigenvalue weighted by molar-refractivity contribution is 0.0354. The van der Waals surface area contributed by atoms with Crippen molar-refractivity contribution in [3.8, 4) is 0 Å². The molecular weight excluding hydrogens is 328 g/mol. The Morgan fingerprint density at radius 2 is 1.92 bits per heavy atom. The number of hydrogen-bond acceptors (Lipinski definition) is 3. The molecule has 0 saturated carbocycles. The minimum atomic E-state index is -1.69. The summed E-state index contributed by atoms with van der Waals surface area (Å²) in [6.45, 7) is 12.1. The van der Waals surface area contributed by atoms with Crippen LogP contribution in [0.4, 0.5) is 0 Å². The molecule has 1 heterocycles. The van der Waals surface area contributed by atoms with Crippen LogP contribution in [-0.2, 0) is 22.0 Å². The van der Waals surface area contributed by atoms with Crippen LogP contribution in [0.15, 0.2) is 12.1 Å². The number of esters is 1. The molecule has 1 unspecified atom stereocenters. The predicted molar refractivity (Wildman–Crippen MR) is 104 cm³/mol. The summed E-state index contributed by atoms with van der Waals surface area (Å²) in [5, 5.41) is 0.235. The fourth-order valence-electron chi connectivity index (χ4n) is 3.63. The van der Waals surface area contributed by atoms with Gasteiger partial charge in [-0.1, -0.05) is 32.9 Å². The highest BCUT2D eigenvalue weighted by molar-refractivity contribution is 6.74. The Balaban J connectivity index is 1.63. The van der Waals surface area contributed by atoms with Gasteiger partial charge < -0.3 is 9.16 Å². The number of carbonyl (C=O) groups is 1. The highest BCUT2D eigenvalue weighted by Gasteiger charge is 2.37. The summed E-state index contributed by atoms with van der Waals surface area (Å²) in [5.74, 6) is -0.107. The molecule has 0 bridgehead atoms. The zero-order chi connectivity index (χ0) is 18.2. The number of benzene rings is 1. The van der Waals surface area contributed by atoms with Gasteiger partial charge in [0.2, 0.25) is 0 Å². The van der Waals surface area contributed by atoms with Crippen molar-refractivity contribution in [3.63, 3.8) is 0 Å². The summed E-state index contributed by atoms with van der Waals surface area (Å²) in [7, 11) is -1.69. The molecule has 0 aromatic heterocycles. The Labute approximate surface area is 153 Å². The maximum Gasteiger partial charge on any atom is 0.339 e. The van der Waals surface area contributed by atoms with Crippen molar-refractivity contribution < 1.29 is 14.0 Å². The van der Waals surface area contributed by atoms with E-state index >= 15 is 0 Å². The van der Waals surface area contributed by atoms with Crippen molar-refractivity contribution in [2.45, 2.75) is 83.5 Å². The van der Waals surface area contributed by atoms with Crippen LogP contribution < -0.4 is 0 Å². The maximum absolute atomic E-state index is 12.4. The maximum atomic E-state index is 12.4. The fraction of sp³-hybridized carbons (Fsp3) is 0.667. The third-order valence-corrected chi connectivity index (χ3v) is 10.8. The molecule has 0 amide bonds. The van der Waals surface area contributed by atoms with E-state index in [9.17, 15) is 4.79 Å². The molecule has 0 N–H and O–H groups in total. The second-order valence-corrected chi connectivity index (χ2v) is 13.8. The van der Waals surface area contributed by atoms with Gasteiger partial charge in [0.05, 0.1) is 5.56 Å². The number of rotatable bonds is 5. The van der Waals surface area contributed by atoms with Crippen LogP contribution >= 0.6 is 0 Å². The van der Waals surface area contributed by atoms with Gasteiger partial charge in [0, 0.05) is 12.2 Å². The first kappa shape index (κ1) is 18.7. The van der Waals surface area contributed by atoms with Crippen molar-refractivity contribution >= 4 is 14.3 Å². The van der Waals surface area contributed by atoms with E-state index in [1.165, 1.54) is 24.0 Å². The third-order valence-electron chi connectivity index (χ3n) is 6.25. The van der Waals surface area contributed by atoms with Crippen molar-refractivity contribution in [1.82, 2.24) is 0 Å². The van der Waals surface area contributed by atoms with Crippen LogP contribution in [0.25, 0.3) is 0 Å². The summed E-state index contributed by atoms with van der Waals surface area (Å²) in [5.41, 5.74) is 4.60. The van der Waals surface area contributed by atoms with Crippen molar-refractivity contribution in [2.75, 3.05) is 6.61 Å². The molecule has 1 atom stereocenters. The Morgan fingerprint density at radius 3 is 2.64 bits per heavy atom. The quantitative estimate of drug-likeness (QED) is 0.391. The van der Waals surface area contributed by atoms with E-state index in [0.29, 0.717) is 0 Å². The normalized spacial score (nSPS) is 20.2. The molecule has 0 radical (unpaired) electrons. The molecule has 138 valence electrons. The molecule has 0 spiro atoms. The van der Waals surface area contributed by atoms with E-state index in [1.807, 2.05) is 0 Å². The highest BCUT2D eigenvalue weighted by atomic mass is 28.4. The molecule has 0 fully saturated rings. The number of fused-ring (bicyclic) bond motifs is 3. The van der Waals surface area contributed by atoms with Crippen molar-refractivity contribution in [1.29, 1.82) is 0 Å². The number of ether oxygens (including phenoxy) is 1. The first-order valence-corrected chi connectivity index (χ1v) is 12.6. The van der Waals surface area contributed by atoms with E-state index in [-0.39, 0.29) is 17.1 Å². The lowest BCUT2D eigenvalue weighted by Crippen LogP contribution is -2.41. The predicted octanol–water partition coefficient (Wildman–Crippen LogP) is 5.58. The molecule has 4 heteroatoms. The molecular formula is C21H32O3Si. The smallest absolute Gasteiger partial charge is 0.339 e. The Kier molecular flexibility index (Phi) is 5.13. The Morgan fingerprint density at radius 1 is 1.20 bits per heavy atom. The molecule has 1 aliphatic carbocycles. The zero-order valence-corrected chi connectivity index (χ0v) is 17.4. The number of aryl methyl sites for hydroxylation is 1. The summed E-state index contributed by atoms with van der Waals surface area (Å²) >= 11 is 0. The summed E-state index contributed by atoms with van der Waals surface area (Å²) < 4.78 is 12.0. The minimum Gasteiger partial charge on any atom is -0.454 e. The van der Waals surface area contributed by atoms with E-state index in [4.69, 9.17) is 9.16 Å². The van der Waals surface area contributed by atoms with E-state index in [2.05, 4.69) is 46.0 Å². The second kappa shape index (κ2) is 6.88. The average Bonchev–Trinajstić information content (AvgIpc) is 2.87. The van der Waals surface area contributed by atoms with Gasteiger partial charge in [0.25, 0.3) is 0 Å². The first-order chi connectivity index (χ1) is 11.7. The lowest BCUT2D eigenvalue weighted by atomic mass is 9.85. The van der Waals surface area contributed by atoms with Gasteiger partial charge in [-0.05, 0) is 67.8 Å². The van der Waals surface area contributed by atoms with Gasteiger partial charge >= 0.3 is 5.97 Å². The fourth-order valence-corrected chi connectivity index (χ4v) is 4.72. The molecule has 1 aliphatic heterocycles. The molecule has 25 heavy (non-hydrogen) atoms. The van der Waals surface area contributed by atoms with Crippen molar-refractivity contribution in [3.05, 3.63) is 34.4 Å². The van der Waals surface area contributed by atoms with Crippen LogP contribution in [-0.4, -0.2) is 20.9 Å². The largest absolute Gasteiger partial charge is 0.454 e. The number of carbonyl (C=O) groups excluding carboxylic acids is 1. The van der Waals surface area contributed by atoms with Crippen LogP contribution in [0.5, 0.6) is 0 Å². The van der Waals surface area contributed by atoms with Crippen LogP contribution in [0, 0.1) is 0 Å². The topological polar surface area (TPSA) is 35.5 Å². The van der Waals surface area contributed by atoms with Gasteiger partial charge in [-0.3, -0.25) is 0 Å². The number of hydrogen-bond donors (Lipinski definition) is 0. The van der Waals surface area contributed by atoms with E-state index < -0.39 is 8.32 Å². The third kappa shape index (κ3) is 3.70. The van der Waals surface area contributed by atoms with Crippen LogP contribution in [0.2, 0.25) is 18.1 Å². The van der Waals surface area contributed by atoms with Gasteiger partial charge in [-0.2, -0.15) is 0 Å². The average molecular weight is 361 g/mol. The number of cyclic esters (lactones) is 1. The monoisotopic (exact) mass is 360 g/mol. The summed E-state index contributed by atoms with van der Waals surface area (Å²) in [6.07, 6.45) is 6.23. The van der Waals surface area contributed by atoms with Gasteiger partial charge in [0.15, 0.2) is 8.32 Å². The molecule has 3 rings (SSSR count). The molecule has 3 nitrogen and oxygen atoms in total. The highest BCUT2D eigenvalue weighted by Crippen LogP contribution is 2.40. The SMILES string of the molecule is CC(C)(C)[Si](C)(C)OCCCC1OC(=O)c2c1ccc1c2CCCC1. The van der Waals surface area contributed by atoms with Crippen LogP contribution in [0.3, 0.4) is 0 Å². The van der Waals surface area contributed by atoms with E-state index in [1.54, 1.807) is 0 Å². The van der Waals surface area contributed by atoms with Gasteiger partial charge in [-0.15, -0.1) is 0 Å². The molecule has 2 aliphatic rings. The molecule has 1 aromatic carbocycles. The van der Waals surface area contributed by atoms with Crippen LogP contribution in [0.1, 0.15) is 79.6 Å². The second-order valence-electron chi connectivity index (χ2n) is 9.02. The van der Waals surface area contributed by atoms with Gasteiger partial charge in [0.1, 0.15) is 6.10 Å². The standard InChI is InChI=1S/C21H32O3Si/c1-21(2,3)25(4,5)23-14-8-11-18-17-13-12-15-9-6-7-10-16(15)19(17)20(22)24-18/h12-13,18H,6-11,14H2,1-5H3. The first-order valence-electron chi connectivity index (χ1n) is 9.70. The lowest BCUT2D eigenvalue weighted by Gasteiger charge is -2.36. The van der Waals surface area contributed by atoms with Gasteiger partial charge in [-0.25, -0.2) is 4.79 Å². The van der Waals surface area contributed by atoms with Crippen molar-refractivity contribution in [2.24, 2.45) is 0 Å². The van der Waals surface area contributed by atoms with E-state index in [0.717, 1.165) is 43.4 Å². The summed E-state index contributed by atoms with van der Waals surface area (Å²) in [6, 6.07) is 4.35. The Hall–Kier alpha value is -1.13. The summed E-state index contributed by atoms with van der Waals surface area (Å²) in [4.78, 5) is 12.4. The molecule has 1 aromatic rings. The Bertz CT molecular complexity index is 658. The minimum absolute atomic E-state index is 0.0854.